The molecule has 0 saturated carbocycles. The van der Waals surface area contributed by atoms with Crippen molar-refractivity contribution in [2.24, 2.45) is 11.1 Å². The van der Waals surface area contributed by atoms with E-state index < -0.39 is 5.41 Å². The minimum absolute atomic E-state index is 0.240. The number of hydrogen-bond donors (Lipinski definition) is 1. The summed E-state index contributed by atoms with van der Waals surface area (Å²) < 4.78 is 1.96. The lowest BCUT2D eigenvalue weighted by Gasteiger charge is -2.37. The minimum atomic E-state index is -0.457. The molecule has 3 heterocycles. The first-order valence-corrected chi connectivity index (χ1v) is 9.47. The Morgan fingerprint density at radius 1 is 1.22 bits per heavy atom. The average Bonchev–Trinajstić information content (AvgIpc) is 3.09. The Balaban J connectivity index is 1.72. The van der Waals surface area contributed by atoms with Gasteiger partial charge in [-0.2, -0.15) is 0 Å². The van der Waals surface area contributed by atoms with E-state index in [2.05, 4.69) is 14.9 Å². The Morgan fingerprint density at radius 3 is 2.67 bits per heavy atom. The van der Waals surface area contributed by atoms with Crippen molar-refractivity contribution in [3.63, 3.8) is 0 Å². The van der Waals surface area contributed by atoms with Crippen molar-refractivity contribution in [3.8, 4) is 11.4 Å². The lowest BCUT2D eigenvalue weighted by Crippen LogP contribution is -2.45. The highest BCUT2D eigenvalue weighted by atomic mass is 35.5. The molecule has 0 aliphatic carbocycles. The summed E-state index contributed by atoms with van der Waals surface area (Å²) in [7, 11) is 0. The number of fused-ring (bicyclic) bond motifs is 1. The number of carbonyl (C=O) groups is 1. The zero-order valence-corrected chi connectivity index (χ0v) is 16.3. The fraction of sp³-hybridized carbons (Fsp3) is 0.316. The maximum atomic E-state index is 11.7. The number of anilines is 1. The molecule has 27 heavy (non-hydrogen) atoms. The maximum absolute atomic E-state index is 11.7. The van der Waals surface area contributed by atoms with Gasteiger partial charge in [0, 0.05) is 36.5 Å². The molecule has 1 aromatic carbocycles. The molecule has 6 nitrogen and oxygen atoms in total. The molecule has 4 rings (SSSR count). The van der Waals surface area contributed by atoms with E-state index in [9.17, 15) is 4.79 Å². The number of piperidine rings is 1. The molecule has 2 aromatic heterocycles. The van der Waals surface area contributed by atoms with E-state index in [1.807, 2.05) is 29.7 Å². The predicted molar refractivity (Wildman–Crippen MR) is 107 cm³/mol. The zero-order chi connectivity index (χ0) is 19.2. The third-order valence-corrected chi connectivity index (χ3v) is 6.21. The van der Waals surface area contributed by atoms with Gasteiger partial charge in [0.05, 0.1) is 16.2 Å². The van der Waals surface area contributed by atoms with Crippen molar-refractivity contribution in [1.29, 1.82) is 0 Å². The molecule has 0 spiro atoms. The first-order chi connectivity index (χ1) is 12.9. The maximum Gasteiger partial charge on any atom is 0.223 e. The Morgan fingerprint density at radius 2 is 1.96 bits per heavy atom. The van der Waals surface area contributed by atoms with Crippen LogP contribution in [0.25, 0.3) is 16.9 Å². The molecule has 0 atom stereocenters. The van der Waals surface area contributed by atoms with Crippen LogP contribution >= 0.6 is 23.2 Å². The summed E-state index contributed by atoms with van der Waals surface area (Å²) in [6, 6.07) is 5.49. The highest BCUT2D eigenvalue weighted by molar-refractivity contribution is 6.43. The van der Waals surface area contributed by atoms with Crippen molar-refractivity contribution in [3.05, 3.63) is 46.8 Å². The van der Waals surface area contributed by atoms with Crippen LogP contribution in [0.3, 0.4) is 0 Å². The highest BCUT2D eigenvalue weighted by Crippen LogP contribution is 2.36. The number of carbonyl (C=O) groups excluding carboxylic acids is 1. The van der Waals surface area contributed by atoms with E-state index in [0.29, 0.717) is 41.8 Å². The highest BCUT2D eigenvalue weighted by Gasteiger charge is 2.36. The van der Waals surface area contributed by atoms with Crippen molar-refractivity contribution < 1.29 is 4.79 Å². The van der Waals surface area contributed by atoms with E-state index in [4.69, 9.17) is 28.9 Å². The molecule has 1 amide bonds. The second-order valence-corrected chi connectivity index (χ2v) is 7.89. The molecule has 1 fully saturated rings. The molecule has 8 heteroatoms. The van der Waals surface area contributed by atoms with Crippen LogP contribution in [0.1, 0.15) is 19.8 Å². The van der Waals surface area contributed by atoms with Crippen molar-refractivity contribution >= 4 is 40.4 Å². The Kier molecular flexibility index (Phi) is 4.48. The molecule has 1 aliphatic rings. The van der Waals surface area contributed by atoms with Crippen LogP contribution < -0.4 is 10.6 Å². The van der Waals surface area contributed by atoms with Gasteiger partial charge in [0.2, 0.25) is 5.91 Å². The van der Waals surface area contributed by atoms with Gasteiger partial charge < -0.3 is 10.6 Å². The summed E-state index contributed by atoms with van der Waals surface area (Å²) in [6.07, 6.45) is 6.79. The molecule has 0 radical (unpaired) electrons. The number of hydrogen-bond acceptors (Lipinski definition) is 4. The lowest BCUT2D eigenvalue weighted by molar-refractivity contribution is -0.127. The normalized spacial score (nSPS) is 16.6. The number of rotatable bonds is 3. The van der Waals surface area contributed by atoms with Gasteiger partial charge in [-0.1, -0.05) is 36.2 Å². The second kappa shape index (κ2) is 6.69. The van der Waals surface area contributed by atoms with Crippen molar-refractivity contribution in [1.82, 2.24) is 14.4 Å². The topological polar surface area (TPSA) is 76.5 Å². The molecular weight excluding hydrogens is 385 g/mol. The van der Waals surface area contributed by atoms with Gasteiger partial charge in [0.25, 0.3) is 0 Å². The Bertz CT molecular complexity index is 1020. The van der Waals surface area contributed by atoms with Crippen LogP contribution in [0, 0.1) is 5.41 Å². The summed E-state index contributed by atoms with van der Waals surface area (Å²) >= 11 is 12.5. The smallest absolute Gasteiger partial charge is 0.223 e. The standard InChI is InChI=1S/C19H19Cl2N5O/c1-19(18(22)27)5-8-25(9-6-19)17-14-11-24-16(26(14)10-7-23-17)12-3-2-4-13(20)15(12)21/h2-4,7,10-11H,5-6,8-9H2,1H3,(H2,22,27). The van der Waals surface area contributed by atoms with Gasteiger partial charge >= 0.3 is 0 Å². The lowest BCUT2D eigenvalue weighted by atomic mass is 9.80. The zero-order valence-electron chi connectivity index (χ0n) is 14.8. The van der Waals surface area contributed by atoms with Crippen LogP contribution in [0.5, 0.6) is 0 Å². The van der Waals surface area contributed by atoms with Crippen molar-refractivity contribution in [2.75, 3.05) is 18.0 Å². The van der Waals surface area contributed by atoms with E-state index in [1.54, 1.807) is 18.5 Å². The first-order valence-electron chi connectivity index (χ1n) is 8.72. The van der Waals surface area contributed by atoms with Gasteiger partial charge in [-0.25, -0.2) is 9.97 Å². The minimum Gasteiger partial charge on any atom is -0.369 e. The predicted octanol–water partition coefficient (Wildman–Crippen LogP) is 3.79. The number of nitrogens with zero attached hydrogens (tertiary/aromatic N) is 4. The van der Waals surface area contributed by atoms with E-state index in [0.717, 1.165) is 16.9 Å². The quantitative estimate of drug-likeness (QED) is 0.721. The summed E-state index contributed by atoms with van der Waals surface area (Å²) in [6.45, 7) is 3.36. The third kappa shape index (κ3) is 3.03. The van der Waals surface area contributed by atoms with Gasteiger partial charge in [0.15, 0.2) is 5.82 Å². The molecular formula is C19H19Cl2N5O. The van der Waals surface area contributed by atoms with E-state index in [-0.39, 0.29) is 5.91 Å². The van der Waals surface area contributed by atoms with Gasteiger partial charge in [-0.15, -0.1) is 0 Å². The molecule has 0 unspecified atom stereocenters. The van der Waals surface area contributed by atoms with Crippen LogP contribution in [-0.2, 0) is 4.79 Å². The van der Waals surface area contributed by atoms with E-state index in [1.165, 1.54) is 0 Å². The molecule has 0 bridgehead atoms. The number of aromatic nitrogens is 3. The monoisotopic (exact) mass is 403 g/mol. The van der Waals surface area contributed by atoms with E-state index >= 15 is 0 Å². The van der Waals surface area contributed by atoms with Gasteiger partial charge in [-0.05, 0) is 25.0 Å². The van der Waals surface area contributed by atoms with Gasteiger partial charge in [-0.3, -0.25) is 9.20 Å². The summed E-state index contributed by atoms with van der Waals surface area (Å²) in [5, 5.41) is 0.960. The Labute approximate surface area is 166 Å². The number of nitrogens with two attached hydrogens (primary N) is 1. The third-order valence-electron chi connectivity index (χ3n) is 5.39. The van der Waals surface area contributed by atoms with Crippen LogP contribution in [0.4, 0.5) is 5.82 Å². The second-order valence-electron chi connectivity index (χ2n) is 7.10. The summed E-state index contributed by atoms with van der Waals surface area (Å²) in [4.78, 5) is 23.0. The molecule has 1 aliphatic heterocycles. The molecule has 140 valence electrons. The van der Waals surface area contributed by atoms with Crippen LogP contribution in [-0.4, -0.2) is 33.4 Å². The largest absolute Gasteiger partial charge is 0.369 e. The summed E-state index contributed by atoms with van der Waals surface area (Å²) in [5.41, 5.74) is 6.75. The number of benzene rings is 1. The number of primary amides is 1. The van der Waals surface area contributed by atoms with Crippen molar-refractivity contribution in [2.45, 2.75) is 19.8 Å². The van der Waals surface area contributed by atoms with Gasteiger partial charge in [0.1, 0.15) is 11.3 Å². The number of imidazole rings is 1. The molecule has 3 aromatic rings. The fourth-order valence-corrected chi connectivity index (χ4v) is 3.88. The van der Waals surface area contributed by atoms with Crippen LogP contribution in [0.15, 0.2) is 36.8 Å². The number of amides is 1. The first kappa shape index (κ1) is 18.1. The van der Waals surface area contributed by atoms with Crippen LogP contribution in [0.2, 0.25) is 10.0 Å². The molecule has 1 saturated heterocycles. The average molecular weight is 404 g/mol. The summed E-state index contributed by atoms with van der Waals surface area (Å²) in [5.74, 6) is 1.30. The fourth-order valence-electron chi connectivity index (χ4n) is 3.49. The Hall–Kier alpha value is -2.31. The number of halogens is 2. The molecule has 2 N–H and O–H groups in total. The SMILES string of the molecule is CC1(C(N)=O)CCN(c2nccn3c(-c4cccc(Cl)c4Cl)ncc23)CC1.